The summed E-state index contributed by atoms with van der Waals surface area (Å²) in [6.07, 6.45) is 1.37. The van der Waals surface area contributed by atoms with Crippen LogP contribution in [-0.4, -0.2) is 31.8 Å². The summed E-state index contributed by atoms with van der Waals surface area (Å²) in [5.74, 6) is 0. The molecule has 0 aliphatic rings. The standard InChI is InChI=1S/C7H13NO/c1-7(4-5-9)6-8(2)3/h5H,1,4,6H2,2-3H3. The van der Waals surface area contributed by atoms with E-state index in [0.29, 0.717) is 6.42 Å². The molecule has 0 atom stereocenters. The third-order valence-corrected chi connectivity index (χ3v) is 0.912. The van der Waals surface area contributed by atoms with Gasteiger partial charge in [-0.25, -0.2) is 0 Å². The van der Waals surface area contributed by atoms with Crippen molar-refractivity contribution in [3.05, 3.63) is 12.2 Å². The van der Waals surface area contributed by atoms with Crippen LogP contribution in [0.2, 0.25) is 0 Å². The lowest BCUT2D eigenvalue weighted by molar-refractivity contribution is -0.107. The quantitative estimate of drug-likeness (QED) is 0.409. The van der Waals surface area contributed by atoms with Gasteiger partial charge in [-0.15, -0.1) is 0 Å². The van der Waals surface area contributed by atoms with Crippen molar-refractivity contribution in [1.82, 2.24) is 4.90 Å². The summed E-state index contributed by atoms with van der Waals surface area (Å²) in [4.78, 5) is 11.9. The first-order valence-corrected chi connectivity index (χ1v) is 2.92. The van der Waals surface area contributed by atoms with Gasteiger partial charge in [0.05, 0.1) is 0 Å². The molecule has 0 aliphatic heterocycles. The minimum Gasteiger partial charge on any atom is -0.305 e. The molecule has 0 rings (SSSR count). The molecule has 0 aromatic carbocycles. The maximum atomic E-state index is 9.92. The predicted molar refractivity (Wildman–Crippen MR) is 38.4 cm³/mol. The number of aldehydes is 1. The highest BCUT2D eigenvalue weighted by Crippen LogP contribution is 1.94. The van der Waals surface area contributed by atoms with Crippen molar-refractivity contribution in [3.63, 3.8) is 0 Å². The largest absolute Gasteiger partial charge is 0.305 e. The molecule has 0 amide bonds. The van der Waals surface area contributed by atoms with Crippen molar-refractivity contribution < 1.29 is 4.79 Å². The Balaban J connectivity index is 3.38. The third-order valence-electron chi connectivity index (χ3n) is 0.912. The van der Waals surface area contributed by atoms with E-state index < -0.39 is 0 Å². The van der Waals surface area contributed by atoms with Crippen molar-refractivity contribution in [2.45, 2.75) is 6.42 Å². The van der Waals surface area contributed by atoms with Gasteiger partial charge in [-0.05, 0) is 14.1 Å². The molecule has 0 unspecified atom stereocenters. The SMILES string of the molecule is C=C(CC=O)CN(C)C. The van der Waals surface area contributed by atoms with E-state index in [4.69, 9.17) is 0 Å². The van der Waals surface area contributed by atoms with E-state index >= 15 is 0 Å². The number of nitrogens with zero attached hydrogens (tertiary/aromatic N) is 1. The smallest absolute Gasteiger partial charge is 0.124 e. The first kappa shape index (κ1) is 8.37. The van der Waals surface area contributed by atoms with Gasteiger partial charge in [0.15, 0.2) is 0 Å². The summed E-state index contributed by atoms with van der Waals surface area (Å²) in [6.45, 7) is 4.52. The highest BCUT2D eigenvalue weighted by atomic mass is 16.1. The van der Waals surface area contributed by atoms with Gasteiger partial charge >= 0.3 is 0 Å². The summed E-state index contributed by atoms with van der Waals surface area (Å²) in [5.41, 5.74) is 0.968. The number of carbonyl (C=O) groups is 1. The highest BCUT2D eigenvalue weighted by molar-refractivity contribution is 5.53. The minimum absolute atomic E-state index is 0.484. The second kappa shape index (κ2) is 4.27. The van der Waals surface area contributed by atoms with Crippen molar-refractivity contribution in [2.75, 3.05) is 20.6 Å². The molecule has 0 spiro atoms. The number of carbonyl (C=O) groups excluding carboxylic acids is 1. The monoisotopic (exact) mass is 127 g/mol. The number of hydrogen-bond acceptors (Lipinski definition) is 2. The fourth-order valence-electron chi connectivity index (χ4n) is 0.630. The summed E-state index contributed by atoms with van der Waals surface area (Å²) >= 11 is 0. The lowest BCUT2D eigenvalue weighted by Crippen LogP contribution is -2.14. The maximum absolute atomic E-state index is 9.92. The average molecular weight is 127 g/mol. The van der Waals surface area contributed by atoms with Gasteiger partial charge in [0.25, 0.3) is 0 Å². The molecule has 0 bridgehead atoms. The normalized spacial score (nSPS) is 9.67. The van der Waals surface area contributed by atoms with Crippen LogP contribution < -0.4 is 0 Å². The van der Waals surface area contributed by atoms with Crippen LogP contribution in [0.25, 0.3) is 0 Å². The Bertz CT molecular complexity index is 107. The molecular formula is C7H13NO. The van der Waals surface area contributed by atoms with Crippen molar-refractivity contribution >= 4 is 6.29 Å². The van der Waals surface area contributed by atoms with Crippen LogP contribution in [0.1, 0.15) is 6.42 Å². The molecule has 52 valence electrons. The fourth-order valence-corrected chi connectivity index (χ4v) is 0.630. The molecule has 2 nitrogen and oxygen atoms in total. The molecule has 0 radical (unpaired) electrons. The van der Waals surface area contributed by atoms with Gasteiger partial charge in [-0.1, -0.05) is 12.2 Å². The molecule has 2 heteroatoms. The summed E-state index contributed by atoms with van der Waals surface area (Å²) < 4.78 is 0. The van der Waals surface area contributed by atoms with E-state index in [0.717, 1.165) is 18.4 Å². The second-order valence-corrected chi connectivity index (χ2v) is 2.36. The Kier molecular flexibility index (Phi) is 3.97. The molecule has 0 N–H and O–H groups in total. The Morgan fingerprint density at radius 2 is 2.22 bits per heavy atom. The lowest BCUT2D eigenvalue weighted by atomic mass is 10.2. The first-order valence-electron chi connectivity index (χ1n) is 2.92. The lowest BCUT2D eigenvalue weighted by Gasteiger charge is -2.08. The predicted octanol–water partition coefficient (Wildman–Crippen LogP) is 0.693. The van der Waals surface area contributed by atoms with Crippen molar-refractivity contribution in [1.29, 1.82) is 0 Å². The van der Waals surface area contributed by atoms with Crippen LogP contribution in [0.4, 0.5) is 0 Å². The van der Waals surface area contributed by atoms with Crippen LogP contribution in [0.15, 0.2) is 12.2 Å². The molecule has 0 fully saturated rings. The van der Waals surface area contributed by atoms with E-state index in [1.165, 1.54) is 0 Å². The average Bonchev–Trinajstić information content (AvgIpc) is 1.63. The second-order valence-electron chi connectivity index (χ2n) is 2.36. The zero-order valence-corrected chi connectivity index (χ0v) is 6.05. The zero-order chi connectivity index (χ0) is 7.28. The van der Waals surface area contributed by atoms with Gasteiger partial charge in [0, 0.05) is 13.0 Å². The molecular weight excluding hydrogens is 114 g/mol. The van der Waals surface area contributed by atoms with Crippen LogP contribution in [0.5, 0.6) is 0 Å². The van der Waals surface area contributed by atoms with Crippen LogP contribution in [0, 0.1) is 0 Å². The van der Waals surface area contributed by atoms with Gasteiger partial charge in [-0.2, -0.15) is 0 Å². The van der Waals surface area contributed by atoms with Gasteiger partial charge in [-0.3, -0.25) is 0 Å². The third kappa shape index (κ3) is 5.24. The summed E-state index contributed by atoms with van der Waals surface area (Å²) in [7, 11) is 3.91. The van der Waals surface area contributed by atoms with E-state index in [2.05, 4.69) is 6.58 Å². The molecule has 0 aromatic rings. The molecule has 0 aliphatic carbocycles. The molecule has 0 saturated heterocycles. The first-order chi connectivity index (χ1) is 4.16. The van der Waals surface area contributed by atoms with E-state index in [1.54, 1.807) is 0 Å². The molecule has 0 aromatic heterocycles. The Hall–Kier alpha value is -0.630. The van der Waals surface area contributed by atoms with Gasteiger partial charge in [0.2, 0.25) is 0 Å². The van der Waals surface area contributed by atoms with E-state index in [1.807, 2.05) is 19.0 Å². The highest BCUT2D eigenvalue weighted by Gasteiger charge is 1.93. The Morgan fingerprint density at radius 1 is 1.67 bits per heavy atom. The Labute approximate surface area is 56.2 Å². The number of hydrogen-bond donors (Lipinski definition) is 0. The van der Waals surface area contributed by atoms with Crippen molar-refractivity contribution in [3.8, 4) is 0 Å². The van der Waals surface area contributed by atoms with E-state index in [-0.39, 0.29) is 0 Å². The Morgan fingerprint density at radius 3 is 2.56 bits per heavy atom. The van der Waals surface area contributed by atoms with Crippen LogP contribution in [0.3, 0.4) is 0 Å². The topological polar surface area (TPSA) is 20.3 Å². The van der Waals surface area contributed by atoms with Gasteiger partial charge < -0.3 is 9.69 Å². The van der Waals surface area contributed by atoms with Crippen LogP contribution in [-0.2, 0) is 4.79 Å². The zero-order valence-electron chi connectivity index (χ0n) is 6.05. The van der Waals surface area contributed by atoms with Gasteiger partial charge in [0.1, 0.15) is 6.29 Å². The minimum atomic E-state index is 0.484. The van der Waals surface area contributed by atoms with Crippen molar-refractivity contribution in [2.24, 2.45) is 0 Å². The molecule has 0 heterocycles. The summed E-state index contributed by atoms with van der Waals surface area (Å²) in [5, 5.41) is 0. The fraction of sp³-hybridized carbons (Fsp3) is 0.571. The number of rotatable bonds is 4. The van der Waals surface area contributed by atoms with Crippen LogP contribution >= 0.6 is 0 Å². The molecule has 0 saturated carbocycles. The molecule has 9 heavy (non-hydrogen) atoms. The maximum Gasteiger partial charge on any atom is 0.124 e. The van der Waals surface area contributed by atoms with E-state index in [9.17, 15) is 4.79 Å². The summed E-state index contributed by atoms with van der Waals surface area (Å²) in [6, 6.07) is 0. The number of likely N-dealkylation sites (N-methyl/N-ethyl adjacent to an activating group) is 1.